The molecule has 0 amide bonds. The third-order valence-corrected chi connectivity index (χ3v) is 3.33. The van der Waals surface area contributed by atoms with Crippen LogP contribution in [0.1, 0.15) is 45.2 Å². The van der Waals surface area contributed by atoms with Gasteiger partial charge in [0.05, 0.1) is 5.60 Å². The molecule has 0 saturated carbocycles. The van der Waals surface area contributed by atoms with Gasteiger partial charge in [-0.3, -0.25) is 0 Å². The van der Waals surface area contributed by atoms with Crippen molar-refractivity contribution >= 4 is 11.6 Å². The third kappa shape index (κ3) is 4.56. The molecule has 2 nitrogen and oxygen atoms in total. The first-order valence-corrected chi connectivity index (χ1v) is 6.64. The number of halogens is 2. The van der Waals surface area contributed by atoms with Crippen molar-refractivity contribution in [1.82, 2.24) is 5.32 Å². The van der Waals surface area contributed by atoms with Crippen LogP contribution in [0.5, 0.6) is 0 Å². The van der Waals surface area contributed by atoms with Crippen molar-refractivity contribution in [2.45, 2.75) is 45.3 Å². The average molecular weight is 274 g/mol. The minimum Gasteiger partial charge on any atom is -0.389 e. The molecule has 0 aromatic heterocycles. The lowest BCUT2D eigenvalue weighted by Crippen LogP contribution is -2.38. The molecule has 1 aromatic carbocycles. The summed E-state index contributed by atoms with van der Waals surface area (Å²) in [5.74, 6) is -0.339. The van der Waals surface area contributed by atoms with E-state index in [4.69, 9.17) is 11.6 Å². The van der Waals surface area contributed by atoms with Crippen LogP contribution in [0.3, 0.4) is 0 Å². The summed E-state index contributed by atoms with van der Waals surface area (Å²) in [6.07, 6.45) is 1.67. The summed E-state index contributed by atoms with van der Waals surface area (Å²) >= 11 is 5.99. The maximum Gasteiger partial charge on any atom is 0.124 e. The Kier molecular flexibility index (Phi) is 5.57. The molecule has 2 atom stereocenters. The van der Waals surface area contributed by atoms with Crippen molar-refractivity contribution in [3.05, 3.63) is 34.6 Å². The van der Waals surface area contributed by atoms with Crippen LogP contribution in [0.25, 0.3) is 0 Å². The van der Waals surface area contributed by atoms with E-state index in [0.29, 0.717) is 11.6 Å². The third-order valence-electron chi connectivity index (χ3n) is 3.01. The van der Waals surface area contributed by atoms with E-state index in [1.54, 1.807) is 6.07 Å². The summed E-state index contributed by atoms with van der Waals surface area (Å²) in [6.45, 7) is 6.27. The summed E-state index contributed by atoms with van der Waals surface area (Å²) < 4.78 is 12.9. The zero-order valence-corrected chi connectivity index (χ0v) is 11.9. The molecule has 0 radical (unpaired) electrons. The maximum atomic E-state index is 12.9. The van der Waals surface area contributed by atoms with Crippen LogP contribution >= 0.6 is 11.6 Å². The standard InChI is InChI=1S/C14H21ClFNO/c1-4-7-14(3,18)9-17-10(2)12-6-5-11(16)8-13(12)15/h5-6,8,10,17-18H,4,7,9H2,1-3H3. The second-order valence-electron chi connectivity index (χ2n) is 5.02. The van der Waals surface area contributed by atoms with Crippen LogP contribution in [0.4, 0.5) is 4.39 Å². The number of hydrogen-bond acceptors (Lipinski definition) is 2. The summed E-state index contributed by atoms with van der Waals surface area (Å²) in [7, 11) is 0. The van der Waals surface area contributed by atoms with Gasteiger partial charge in [-0.15, -0.1) is 0 Å². The maximum absolute atomic E-state index is 12.9. The Morgan fingerprint density at radius 1 is 1.50 bits per heavy atom. The Labute approximate surface area is 113 Å². The first kappa shape index (κ1) is 15.4. The van der Waals surface area contributed by atoms with Crippen LogP contribution < -0.4 is 5.32 Å². The topological polar surface area (TPSA) is 32.3 Å². The molecule has 0 fully saturated rings. The second-order valence-corrected chi connectivity index (χ2v) is 5.42. The highest BCUT2D eigenvalue weighted by molar-refractivity contribution is 6.31. The molecule has 1 rings (SSSR count). The van der Waals surface area contributed by atoms with Crippen LogP contribution in [0.15, 0.2) is 18.2 Å². The molecule has 4 heteroatoms. The lowest BCUT2D eigenvalue weighted by Gasteiger charge is -2.26. The molecule has 2 N–H and O–H groups in total. The fraction of sp³-hybridized carbons (Fsp3) is 0.571. The molecular weight excluding hydrogens is 253 g/mol. The van der Waals surface area contributed by atoms with E-state index in [0.717, 1.165) is 18.4 Å². The van der Waals surface area contributed by atoms with E-state index in [9.17, 15) is 9.50 Å². The Hall–Kier alpha value is -0.640. The van der Waals surface area contributed by atoms with Crippen molar-refractivity contribution in [1.29, 1.82) is 0 Å². The molecule has 2 unspecified atom stereocenters. The van der Waals surface area contributed by atoms with E-state index < -0.39 is 5.60 Å². The van der Waals surface area contributed by atoms with Crippen LogP contribution in [-0.4, -0.2) is 17.3 Å². The van der Waals surface area contributed by atoms with E-state index >= 15 is 0 Å². The molecule has 102 valence electrons. The molecule has 0 aliphatic rings. The fourth-order valence-electron chi connectivity index (χ4n) is 1.96. The summed E-state index contributed by atoms with van der Waals surface area (Å²) in [5, 5.41) is 13.7. The molecule has 0 aliphatic carbocycles. The number of benzene rings is 1. The fourth-order valence-corrected chi connectivity index (χ4v) is 2.29. The molecule has 0 spiro atoms. The number of hydrogen-bond donors (Lipinski definition) is 2. The monoisotopic (exact) mass is 273 g/mol. The van der Waals surface area contributed by atoms with Gasteiger partial charge in [0.2, 0.25) is 0 Å². The minimum absolute atomic E-state index is 0.0265. The smallest absolute Gasteiger partial charge is 0.124 e. The van der Waals surface area contributed by atoms with E-state index in [-0.39, 0.29) is 11.9 Å². The van der Waals surface area contributed by atoms with Gasteiger partial charge in [0.15, 0.2) is 0 Å². The Morgan fingerprint density at radius 3 is 2.72 bits per heavy atom. The van der Waals surface area contributed by atoms with Crippen molar-refractivity contribution in [3.8, 4) is 0 Å². The zero-order valence-electron chi connectivity index (χ0n) is 11.1. The van der Waals surface area contributed by atoms with Crippen molar-refractivity contribution < 1.29 is 9.50 Å². The van der Waals surface area contributed by atoms with E-state index in [2.05, 4.69) is 5.32 Å². The first-order valence-electron chi connectivity index (χ1n) is 6.26. The first-order chi connectivity index (χ1) is 8.35. The van der Waals surface area contributed by atoms with Crippen molar-refractivity contribution in [2.75, 3.05) is 6.54 Å². The summed E-state index contributed by atoms with van der Waals surface area (Å²) in [5.41, 5.74) is 0.112. The molecular formula is C14H21ClFNO. The van der Waals surface area contributed by atoms with Gasteiger partial charge in [-0.1, -0.05) is 31.0 Å². The van der Waals surface area contributed by atoms with Crippen LogP contribution in [0, 0.1) is 5.82 Å². The molecule has 0 heterocycles. The van der Waals surface area contributed by atoms with Gasteiger partial charge in [-0.25, -0.2) is 4.39 Å². The van der Waals surface area contributed by atoms with Crippen molar-refractivity contribution in [3.63, 3.8) is 0 Å². The zero-order chi connectivity index (χ0) is 13.8. The van der Waals surface area contributed by atoms with Crippen LogP contribution in [-0.2, 0) is 0 Å². The highest BCUT2D eigenvalue weighted by Gasteiger charge is 2.20. The summed E-state index contributed by atoms with van der Waals surface area (Å²) in [6, 6.07) is 4.34. The molecule has 0 aliphatic heterocycles. The quantitative estimate of drug-likeness (QED) is 0.829. The van der Waals surface area contributed by atoms with E-state index in [1.165, 1.54) is 12.1 Å². The normalized spacial score (nSPS) is 16.3. The SMILES string of the molecule is CCCC(C)(O)CNC(C)c1ccc(F)cc1Cl. The van der Waals surface area contributed by atoms with Gasteiger partial charge >= 0.3 is 0 Å². The number of aliphatic hydroxyl groups is 1. The highest BCUT2D eigenvalue weighted by Crippen LogP contribution is 2.24. The Balaban J connectivity index is 2.63. The number of nitrogens with one attached hydrogen (secondary N) is 1. The lowest BCUT2D eigenvalue weighted by atomic mass is 9.99. The molecule has 0 bridgehead atoms. The molecule has 1 aromatic rings. The predicted octanol–water partition coefficient (Wildman–Crippen LogP) is 3.68. The lowest BCUT2D eigenvalue weighted by molar-refractivity contribution is 0.0476. The molecule has 0 saturated heterocycles. The number of rotatable bonds is 6. The van der Waals surface area contributed by atoms with Crippen LogP contribution in [0.2, 0.25) is 5.02 Å². The van der Waals surface area contributed by atoms with Crippen molar-refractivity contribution in [2.24, 2.45) is 0 Å². The van der Waals surface area contributed by atoms with Gasteiger partial charge in [0, 0.05) is 17.6 Å². The van der Waals surface area contributed by atoms with Gasteiger partial charge in [-0.2, -0.15) is 0 Å². The minimum atomic E-state index is -0.727. The second kappa shape index (κ2) is 6.50. The van der Waals surface area contributed by atoms with Gasteiger partial charge in [0.25, 0.3) is 0 Å². The van der Waals surface area contributed by atoms with E-state index in [1.807, 2.05) is 20.8 Å². The Bertz CT molecular complexity index is 395. The Morgan fingerprint density at radius 2 is 2.17 bits per heavy atom. The summed E-state index contributed by atoms with van der Waals surface area (Å²) in [4.78, 5) is 0. The average Bonchev–Trinajstić information content (AvgIpc) is 2.26. The predicted molar refractivity (Wildman–Crippen MR) is 73.4 cm³/mol. The van der Waals surface area contributed by atoms with Gasteiger partial charge in [-0.05, 0) is 38.0 Å². The molecule has 18 heavy (non-hydrogen) atoms. The van der Waals surface area contributed by atoms with Gasteiger partial charge < -0.3 is 10.4 Å². The highest BCUT2D eigenvalue weighted by atomic mass is 35.5. The largest absolute Gasteiger partial charge is 0.389 e. The van der Waals surface area contributed by atoms with Gasteiger partial charge in [0.1, 0.15) is 5.82 Å².